The van der Waals surface area contributed by atoms with Gasteiger partial charge in [-0.2, -0.15) is 11.8 Å². The molecule has 3 rings (SSSR count). The van der Waals surface area contributed by atoms with Gasteiger partial charge in [-0.05, 0) is 12.7 Å². The predicted molar refractivity (Wildman–Crippen MR) is 176 cm³/mol. The fourth-order valence-corrected chi connectivity index (χ4v) is 6.94. The molecule has 0 saturated carbocycles. The molecule has 0 radical (unpaired) electrons. The number of nitrogens with two attached hydrogens (primary N) is 1. The van der Waals surface area contributed by atoms with Gasteiger partial charge in [0, 0.05) is 12.2 Å². The standard InChI is InChI=1S/C30H52N5O9PS/c1-3-4-5-6-7-8-9-10-11-12-13-14-15-16-24(37)41-17-22(36)18-42-45(39,40)44-27-26(38)23(19-46-2)43-30(27)35-21-34-25-28(31)32-20-33-29(25)35/h20-23,26-27,30,36,38H,3-19H2,1-2H3,(H,39,40)(H2,31,32,33)/t22-,23-,26-,27-,30-/m1/s1. The predicted octanol–water partition coefficient (Wildman–Crippen LogP) is 4.92. The zero-order valence-electron chi connectivity index (χ0n) is 27.1. The zero-order valence-corrected chi connectivity index (χ0v) is 28.8. The van der Waals surface area contributed by atoms with Crippen molar-refractivity contribution in [3.05, 3.63) is 12.7 Å². The number of aliphatic hydroxyl groups is 2. The molecule has 2 aromatic heterocycles. The van der Waals surface area contributed by atoms with Gasteiger partial charge in [0.25, 0.3) is 0 Å². The van der Waals surface area contributed by atoms with Crippen molar-refractivity contribution in [1.82, 2.24) is 19.5 Å². The number of phosphoric ester groups is 1. The Hall–Kier alpha value is -1.84. The van der Waals surface area contributed by atoms with Gasteiger partial charge in [-0.3, -0.25) is 18.4 Å². The molecular weight excluding hydrogens is 637 g/mol. The van der Waals surface area contributed by atoms with Crippen molar-refractivity contribution in [3.63, 3.8) is 0 Å². The summed E-state index contributed by atoms with van der Waals surface area (Å²) in [5, 5.41) is 21.1. The fraction of sp³-hybridized carbons (Fsp3) is 0.800. The van der Waals surface area contributed by atoms with Crippen molar-refractivity contribution in [3.8, 4) is 0 Å². The van der Waals surface area contributed by atoms with Crippen molar-refractivity contribution in [2.75, 3.05) is 31.0 Å². The van der Waals surface area contributed by atoms with Crippen molar-refractivity contribution in [2.24, 2.45) is 0 Å². The van der Waals surface area contributed by atoms with Gasteiger partial charge >= 0.3 is 13.8 Å². The number of thioether (sulfide) groups is 1. The van der Waals surface area contributed by atoms with Crippen LogP contribution in [0.5, 0.6) is 0 Å². The summed E-state index contributed by atoms with van der Waals surface area (Å²) in [6.45, 7) is 1.20. The van der Waals surface area contributed by atoms with E-state index in [1.165, 1.54) is 86.8 Å². The van der Waals surface area contributed by atoms with Gasteiger partial charge in [-0.1, -0.05) is 84.0 Å². The third-order valence-electron chi connectivity index (χ3n) is 7.91. The van der Waals surface area contributed by atoms with Crippen LogP contribution in [0.15, 0.2) is 12.7 Å². The van der Waals surface area contributed by atoms with Crippen LogP contribution in [0.1, 0.15) is 103 Å². The first-order chi connectivity index (χ1) is 22.2. The molecule has 2 aromatic rings. The Kier molecular flexibility index (Phi) is 17.2. The van der Waals surface area contributed by atoms with E-state index >= 15 is 0 Å². The summed E-state index contributed by atoms with van der Waals surface area (Å²) < 4.78 is 35.7. The lowest BCUT2D eigenvalue weighted by molar-refractivity contribution is -0.147. The lowest BCUT2D eigenvalue weighted by Gasteiger charge is -2.24. The van der Waals surface area contributed by atoms with E-state index in [9.17, 15) is 24.5 Å². The number of unbranched alkanes of at least 4 members (excludes halogenated alkanes) is 12. The van der Waals surface area contributed by atoms with Crippen LogP contribution in [0.4, 0.5) is 5.82 Å². The van der Waals surface area contributed by atoms with E-state index in [0.29, 0.717) is 17.7 Å². The van der Waals surface area contributed by atoms with Crippen LogP contribution in [0.2, 0.25) is 0 Å². The summed E-state index contributed by atoms with van der Waals surface area (Å²) in [4.78, 5) is 34.8. The quantitative estimate of drug-likeness (QED) is 0.0657. The molecule has 6 atom stereocenters. The Morgan fingerprint density at radius 2 is 1.67 bits per heavy atom. The van der Waals surface area contributed by atoms with Crippen molar-refractivity contribution in [1.29, 1.82) is 0 Å². The number of imidazole rings is 1. The lowest BCUT2D eigenvalue weighted by atomic mass is 10.0. The minimum Gasteiger partial charge on any atom is -0.463 e. The molecular formula is C30H52N5O9PS. The molecule has 0 spiro atoms. The second-order valence-corrected chi connectivity index (χ2v) is 14.1. The first kappa shape index (κ1) is 38.6. The van der Waals surface area contributed by atoms with Crippen LogP contribution < -0.4 is 5.73 Å². The Bertz CT molecular complexity index is 1220. The average molecular weight is 690 g/mol. The Labute approximate surface area is 275 Å². The summed E-state index contributed by atoms with van der Waals surface area (Å²) in [6.07, 6.45) is 14.5. The first-order valence-electron chi connectivity index (χ1n) is 16.4. The first-order valence-corrected chi connectivity index (χ1v) is 19.3. The van der Waals surface area contributed by atoms with Crippen molar-refractivity contribution in [2.45, 2.75) is 127 Å². The number of phosphoric acid groups is 1. The normalized spacial score (nSPS) is 21.8. The second-order valence-electron chi connectivity index (χ2n) is 11.8. The maximum absolute atomic E-state index is 12.9. The number of rotatable bonds is 24. The summed E-state index contributed by atoms with van der Waals surface area (Å²) in [7, 11) is -4.82. The third-order valence-corrected chi connectivity index (χ3v) is 9.56. The van der Waals surface area contributed by atoms with Gasteiger partial charge in [0.15, 0.2) is 17.7 Å². The summed E-state index contributed by atoms with van der Waals surface area (Å²) in [5.41, 5.74) is 6.46. The zero-order chi connectivity index (χ0) is 33.4. The molecule has 1 fully saturated rings. The molecule has 3 heterocycles. The molecule has 1 aliphatic heterocycles. The largest absolute Gasteiger partial charge is 0.472 e. The number of hydrogen-bond donors (Lipinski definition) is 4. The van der Waals surface area contributed by atoms with Crippen LogP contribution in [0.25, 0.3) is 11.2 Å². The van der Waals surface area contributed by atoms with Crippen LogP contribution in [0.3, 0.4) is 0 Å². The Morgan fingerprint density at radius 1 is 1.04 bits per heavy atom. The van der Waals surface area contributed by atoms with E-state index in [0.717, 1.165) is 19.3 Å². The van der Waals surface area contributed by atoms with E-state index in [-0.39, 0.29) is 17.9 Å². The van der Waals surface area contributed by atoms with E-state index in [1.54, 1.807) is 0 Å². The highest BCUT2D eigenvalue weighted by Gasteiger charge is 2.49. The van der Waals surface area contributed by atoms with Crippen molar-refractivity contribution >= 4 is 42.5 Å². The number of aromatic nitrogens is 4. The molecule has 1 saturated heterocycles. The number of nitrogens with zero attached hydrogens (tertiary/aromatic N) is 4. The topological polar surface area (TPSA) is 201 Å². The lowest BCUT2D eigenvalue weighted by Crippen LogP contribution is -2.35. The van der Waals surface area contributed by atoms with E-state index in [1.807, 2.05) is 6.26 Å². The highest BCUT2D eigenvalue weighted by atomic mass is 32.2. The van der Waals surface area contributed by atoms with Gasteiger partial charge in [0.2, 0.25) is 0 Å². The molecule has 5 N–H and O–H groups in total. The molecule has 0 aliphatic carbocycles. The highest BCUT2D eigenvalue weighted by Crippen LogP contribution is 2.49. The molecule has 0 amide bonds. The highest BCUT2D eigenvalue weighted by molar-refractivity contribution is 7.98. The SMILES string of the molecule is CCCCCCCCCCCCCCCC(=O)OC[C@@H](O)COP(=O)(O)O[C@@H]1[C@H](O)[C@@H](CSC)O[C@H]1n1cnc2c(N)ncnc21. The third kappa shape index (κ3) is 12.6. The number of esters is 1. The summed E-state index contributed by atoms with van der Waals surface area (Å²) in [6, 6.07) is 0. The van der Waals surface area contributed by atoms with Gasteiger partial charge in [0.05, 0.1) is 19.0 Å². The molecule has 1 aliphatic rings. The van der Waals surface area contributed by atoms with Crippen LogP contribution >= 0.6 is 19.6 Å². The Morgan fingerprint density at radius 3 is 2.30 bits per heavy atom. The Balaban J connectivity index is 1.34. The minimum atomic E-state index is -4.82. The number of anilines is 1. The molecule has 16 heteroatoms. The van der Waals surface area contributed by atoms with Gasteiger partial charge in [-0.25, -0.2) is 19.5 Å². The smallest absolute Gasteiger partial charge is 0.463 e. The summed E-state index contributed by atoms with van der Waals surface area (Å²) in [5.74, 6) is 0.0634. The van der Waals surface area contributed by atoms with Gasteiger partial charge in [-0.15, -0.1) is 0 Å². The van der Waals surface area contributed by atoms with Crippen molar-refractivity contribution < 1.29 is 43.0 Å². The van der Waals surface area contributed by atoms with E-state index < -0.39 is 57.6 Å². The fourth-order valence-electron chi connectivity index (χ4n) is 5.37. The van der Waals surface area contributed by atoms with Gasteiger partial charge < -0.3 is 30.3 Å². The molecule has 46 heavy (non-hydrogen) atoms. The number of nitrogen functional groups attached to an aromatic ring is 1. The number of carbonyl (C=O) groups excluding carboxylic acids is 1. The van der Waals surface area contributed by atoms with Crippen LogP contribution in [0, 0.1) is 0 Å². The number of fused-ring (bicyclic) bond motifs is 1. The summed E-state index contributed by atoms with van der Waals surface area (Å²) >= 11 is 1.41. The van der Waals surface area contributed by atoms with Crippen LogP contribution in [-0.2, 0) is 27.9 Å². The van der Waals surface area contributed by atoms with Crippen LogP contribution in [-0.4, -0.2) is 90.2 Å². The van der Waals surface area contributed by atoms with Gasteiger partial charge in [0.1, 0.15) is 36.8 Å². The molecule has 1 unspecified atom stereocenters. The number of aliphatic hydroxyl groups excluding tert-OH is 2. The van der Waals surface area contributed by atoms with E-state index in [2.05, 4.69) is 21.9 Å². The van der Waals surface area contributed by atoms with E-state index in [4.69, 9.17) is 24.3 Å². The molecule has 262 valence electrons. The number of ether oxygens (including phenoxy) is 2. The maximum atomic E-state index is 12.9. The molecule has 0 aromatic carbocycles. The minimum absolute atomic E-state index is 0.135. The molecule has 14 nitrogen and oxygen atoms in total. The second kappa shape index (κ2) is 20.5. The number of carbonyl (C=O) groups is 1. The number of hydrogen-bond acceptors (Lipinski definition) is 13. The maximum Gasteiger partial charge on any atom is 0.472 e. The average Bonchev–Trinajstić information content (AvgIpc) is 3.59. The monoisotopic (exact) mass is 689 g/mol. The molecule has 0 bridgehead atoms.